The van der Waals surface area contributed by atoms with Crippen LogP contribution in [0.4, 0.5) is 18.9 Å². The van der Waals surface area contributed by atoms with E-state index in [-0.39, 0.29) is 21.5 Å². The lowest BCUT2D eigenvalue weighted by molar-refractivity contribution is -0.385. The fourth-order valence-electron chi connectivity index (χ4n) is 2.00. The summed E-state index contributed by atoms with van der Waals surface area (Å²) in [4.78, 5) is 14.1. The van der Waals surface area contributed by atoms with E-state index in [9.17, 15) is 23.3 Å². The minimum Gasteiger partial charge on any atom is -0.275 e. The van der Waals surface area contributed by atoms with Crippen LogP contribution in [-0.2, 0) is 6.18 Å². The summed E-state index contributed by atoms with van der Waals surface area (Å²) in [6.45, 7) is 1.60. The van der Waals surface area contributed by atoms with E-state index < -0.39 is 16.7 Å². The molecule has 0 atom stereocenters. The fraction of sp³-hybridized carbons (Fsp3) is 0.154. The summed E-state index contributed by atoms with van der Waals surface area (Å²) in [6.07, 6.45) is -2.68. The third-order valence-corrected chi connectivity index (χ3v) is 4.53. The molecule has 25 heavy (non-hydrogen) atoms. The number of nitro groups is 1. The number of halogens is 4. The molecule has 0 aliphatic carbocycles. The highest BCUT2D eigenvalue weighted by Gasteiger charge is 2.32. The van der Waals surface area contributed by atoms with Crippen LogP contribution in [0.2, 0.25) is 5.02 Å². The Morgan fingerprint density at radius 2 is 2.04 bits per heavy atom. The first-order valence-corrected chi connectivity index (χ1v) is 7.76. The van der Waals surface area contributed by atoms with Gasteiger partial charge in [-0.15, -0.1) is 10.2 Å². The summed E-state index contributed by atoms with van der Waals surface area (Å²) in [5, 5.41) is 18.6. The van der Waals surface area contributed by atoms with Gasteiger partial charge in [0.2, 0.25) is 5.16 Å². The van der Waals surface area contributed by atoms with E-state index >= 15 is 0 Å². The number of fused-ring (bicyclic) bond motifs is 1. The van der Waals surface area contributed by atoms with Gasteiger partial charge in [0.05, 0.1) is 15.5 Å². The van der Waals surface area contributed by atoms with E-state index in [4.69, 9.17) is 11.6 Å². The first kappa shape index (κ1) is 17.4. The SMILES string of the molecule is Cc1cc([N+](=O)[O-])cnc1Sc1nnc2c(Cl)cc(C(F)(F)F)cn12. The quantitative estimate of drug-likeness (QED) is 0.493. The van der Waals surface area contributed by atoms with Gasteiger partial charge in [0.15, 0.2) is 5.65 Å². The van der Waals surface area contributed by atoms with Crippen LogP contribution in [0.3, 0.4) is 0 Å². The summed E-state index contributed by atoms with van der Waals surface area (Å²) in [5.74, 6) is 0. The predicted octanol–water partition coefficient (Wildman–Crippen LogP) is 4.16. The number of nitrogens with zero attached hydrogens (tertiary/aromatic N) is 5. The second kappa shape index (κ2) is 6.15. The molecule has 0 fully saturated rings. The van der Waals surface area contributed by atoms with Crippen molar-refractivity contribution in [3.05, 3.63) is 50.8 Å². The van der Waals surface area contributed by atoms with Crippen LogP contribution in [0.5, 0.6) is 0 Å². The van der Waals surface area contributed by atoms with Crippen molar-refractivity contribution in [3.63, 3.8) is 0 Å². The molecule has 0 saturated heterocycles. The van der Waals surface area contributed by atoms with Crippen molar-refractivity contribution in [1.82, 2.24) is 19.6 Å². The van der Waals surface area contributed by atoms with Crippen molar-refractivity contribution in [1.29, 1.82) is 0 Å². The highest BCUT2D eigenvalue weighted by Crippen LogP contribution is 2.35. The molecular weight excluding hydrogens is 383 g/mol. The zero-order chi connectivity index (χ0) is 18.4. The molecule has 0 unspecified atom stereocenters. The topological polar surface area (TPSA) is 86.2 Å². The number of hydrogen-bond acceptors (Lipinski definition) is 6. The van der Waals surface area contributed by atoms with Gasteiger partial charge in [0, 0.05) is 12.3 Å². The number of aromatic nitrogens is 4. The van der Waals surface area contributed by atoms with Gasteiger partial charge in [-0.2, -0.15) is 13.2 Å². The van der Waals surface area contributed by atoms with E-state index in [0.29, 0.717) is 10.6 Å². The van der Waals surface area contributed by atoms with Crippen LogP contribution < -0.4 is 0 Å². The van der Waals surface area contributed by atoms with Gasteiger partial charge < -0.3 is 0 Å². The molecule has 0 aliphatic rings. The molecule has 0 spiro atoms. The van der Waals surface area contributed by atoms with Gasteiger partial charge in [-0.25, -0.2) is 4.98 Å². The molecule has 0 radical (unpaired) electrons. The summed E-state index contributed by atoms with van der Waals surface area (Å²) in [5.41, 5.74) is -0.582. The Morgan fingerprint density at radius 1 is 1.32 bits per heavy atom. The number of rotatable bonds is 3. The van der Waals surface area contributed by atoms with Crippen LogP contribution in [-0.4, -0.2) is 24.5 Å². The molecule has 0 aliphatic heterocycles. The molecule has 0 N–H and O–H groups in total. The Labute approximate surface area is 147 Å². The Hall–Kier alpha value is -2.40. The lowest BCUT2D eigenvalue weighted by atomic mass is 10.3. The van der Waals surface area contributed by atoms with Crippen molar-refractivity contribution < 1.29 is 18.1 Å². The lowest BCUT2D eigenvalue weighted by Gasteiger charge is -2.09. The molecule has 0 saturated carbocycles. The molecule has 0 amide bonds. The molecule has 3 heterocycles. The van der Waals surface area contributed by atoms with Crippen molar-refractivity contribution in [2.45, 2.75) is 23.3 Å². The van der Waals surface area contributed by atoms with E-state index in [2.05, 4.69) is 15.2 Å². The minimum atomic E-state index is -4.58. The first-order chi connectivity index (χ1) is 11.7. The third kappa shape index (κ3) is 3.37. The molecule has 3 rings (SSSR count). The molecule has 3 aromatic heterocycles. The smallest absolute Gasteiger partial charge is 0.275 e. The summed E-state index contributed by atoms with van der Waals surface area (Å²) in [6, 6.07) is 2.09. The minimum absolute atomic E-state index is 0.0664. The van der Waals surface area contributed by atoms with Crippen molar-refractivity contribution >= 4 is 34.7 Å². The molecule has 3 aromatic rings. The van der Waals surface area contributed by atoms with Crippen LogP contribution in [0.25, 0.3) is 5.65 Å². The van der Waals surface area contributed by atoms with E-state index in [1.165, 1.54) is 6.07 Å². The van der Waals surface area contributed by atoms with Gasteiger partial charge in [0.25, 0.3) is 5.69 Å². The maximum absolute atomic E-state index is 12.9. The maximum atomic E-state index is 12.9. The standard InChI is InChI=1S/C13H7ClF3N5O2S/c1-6-2-8(22(23)24)4-18-11(6)25-12-20-19-10-9(14)3-7(5-21(10)12)13(15,16)17/h2-5H,1H3. The number of aryl methyl sites for hydroxylation is 1. The molecule has 12 heteroatoms. The first-order valence-electron chi connectivity index (χ1n) is 6.57. The van der Waals surface area contributed by atoms with Gasteiger partial charge >= 0.3 is 6.18 Å². The molecular formula is C13H7ClF3N5O2S. The van der Waals surface area contributed by atoms with E-state index in [0.717, 1.165) is 34.6 Å². The van der Waals surface area contributed by atoms with E-state index in [1.807, 2.05) is 0 Å². The van der Waals surface area contributed by atoms with Crippen LogP contribution >= 0.6 is 23.4 Å². The Morgan fingerprint density at radius 3 is 2.64 bits per heavy atom. The fourth-order valence-corrected chi connectivity index (χ4v) is 3.06. The van der Waals surface area contributed by atoms with Crippen LogP contribution in [0.15, 0.2) is 34.7 Å². The molecule has 130 valence electrons. The van der Waals surface area contributed by atoms with Crippen molar-refractivity contribution in [2.24, 2.45) is 0 Å². The molecule has 0 bridgehead atoms. The number of alkyl halides is 3. The van der Waals surface area contributed by atoms with Gasteiger partial charge in [0.1, 0.15) is 11.2 Å². The van der Waals surface area contributed by atoms with E-state index in [1.54, 1.807) is 6.92 Å². The number of hydrogen-bond donors (Lipinski definition) is 0. The second-order valence-electron chi connectivity index (χ2n) is 4.93. The number of pyridine rings is 2. The van der Waals surface area contributed by atoms with Crippen LogP contribution in [0.1, 0.15) is 11.1 Å². The zero-order valence-electron chi connectivity index (χ0n) is 12.3. The van der Waals surface area contributed by atoms with Gasteiger partial charge in [-0.05, 0) is 30.3 Å². The third-order valence-electron chi connectivity index (χ3n) is 3.17. The Balaban J connectivity index is 2.05. The van der Waals surface area contributed by atoms with Crippen molar-refractivity contribution in [2.75, 3.05) is 0 Å². The van der Waals surface area contributed by atoms with Gasteiger partial charge in [-0.3, -0.25) is 14.5 Å². The monoisotopic (exact) mass is 389 g/mol. The highest BCUT2D eigenvalue weighted by atomic mass is 35.5. The lowest BCUT2D eigenvalue weighted by Crippen LogP contribution is -2.07. The molecule has 7 nitrogen and oxygen atoms in total. The summed E-state index contributed by atoms with van der Waals surface area (Å²) >= 11 is 6.78. The van der Waals surface area contributed by atoms with Crippen molar-refractivity contribution in [3.8, 4) is 0 Å². The average molecular weight is 390 g/mol. The second-order valence-corrected chi connectivity index (χ2v) is 6.29. The van der Waals surface area contributed by atoms with Crippen LogP contribution in [0, 0.1) is 17.0 Å². The zero-order valence-corrected chi connectivity index (χ0v) is 13.9. The Bertz CT molecular complexity index is 992. The molecule has 0 aromatic carbocycles. The maximum Gasteiger partial charge on any atom is 0.417 e. The summed E-state index contributed by atoms with van der Waals surface area (Å²) in [7, 11) is 0. The normalized spacial score (nSPS) is 11.9. The largest absolute Gasteiger partial charge is 0.417 e. The predicted molar refractivity (Wildman–Crippen MR) is 82.8 cm³/mol. The average Bonchev–Trinajstić information content (AvgIpc) is 2.92. The Kier molecular flexibility index (Phi) is 4.29. The summed E-state index contributed by atoms with van der Waals surface area (Å²) < 4.78 is 40.0. The van der Waals surface area contributed by atoms with Gasteiger partial charge in [-0.1, -0.05) is 11.6 Å². The highest BCUT2D eigenvalue weighted by molar-refractivity contribution is 7.99.